The number of primary sulfonamides is 1. The van der Waals surface area contributed by atoms with Crippen LogP contribution in [0.25, 0.3) is 0 Å². The number of halogens is 1. The molecule has 116 valence electrons. The molecule has 2 rings (SSSR count). The van der Waals surface area contributed by atoms with Crippen molar-refractivity contribution in [3.63, 3.8) is 0 Å². The fraction of sp³-hybridized carbons (Fsp3) is 0.0714. The Morgan fingerprint density at radius 2 is 1.95 bits per heavy atom. The van der Waals surface area contributed by atoms with E-state index < -0.39 is 15.9 Å². The number of anilines is 1. The number of benzene rings is 2. The van der Waals surface area contributed by atoms with Crippen molar-refractivity contribution in [2.45, 2.75) is 9.79 Å². The molecule has 0 spiro atoms. The van der Waals surface area contributed by atoms with Gasteiger partial charge in [0.15, 0.2) is 0 Å². The fourth-order valence-electron chi connectivity index (χ4n) is 1.75. The zero-order chi connectivity index (χ0) is 16.3. The average molecular weight is 357 g/mol. The van der Waals surface area contributed by atoms with Gasteiger partial charge in [-0.2, -0.15) is 0 Å². The maximum absolute atomic E-state index is 12.3. The Kier molecular flexibility index (Phi) is 5.12. The molecule has 0 unspecified atom stereocenters. The third-order valence-corrected chi connectivity index (χ3v) is 4.80. The van der Waals surface area contributed by atoms with E-state index in [0.717, 1.165) is 11.0 Å². The van der Waals surface area contributed by atoms with Crippen molar-refractivity contribution in [2.75, 3.05) is 11.6 Å². The molecule has 2 aromatic carbocycles. The summed E-state index contributed by atoms with van der Waals surface area (Å²) < 4.78 is 22.7. The first kappa shape index (κ1) is 16.8. The van der Waals surface area contributed by atoms with Gasteiger partial charge in [-0.25, -0.2) is 13.6 Å². The summed E-state index contributed by atoms with van der Waals surface area (Å²) >= 11 is 7.51. The Morgan fingerprint density at radius 1 is 1.23 bits per heavy atom. The molecule has 0 fully saturated rings. The Morgan fingerprint density at radius 3 is 2.59 bits per heavy atom. The molecule has 0 aliphatic carbocycles. The van der Waals surface area contributed by atoms with Gasteiger partial charge < -0.3 is 5.32 Å². The van der Waals surface area contributed by atoms with E-state index in [2.05, 4.69) is 5.32 Å². The molecule has 0 heterocycles. The van der Waals surface area contributed by atoms with Gasteiger partial charge >= 0.3 is 0 Å². The highest BCUT2D eigenvalue weighted by Gasteiger charge is 2.16. The van der Waals surface area contributed by atoms with E-state index in [9.17, 15) is 13.2 Å². The van der Waals surface area contributed by atoms with Crippen molar-refractivity contribution in [3.8, 4) is 0 Å². The van der Waals surface area contributed by atoms with Crippen molar-refractivity contribution in [3.05, 3.63) is 53.1 Å². The third-order valence-electron chi connectivity index (χ3n) is 2.84. The zero-order valence-electron chi connectivity index (χ0n) is 11.5. The Balaban J connectivity index is 2.33. The van der Waals surface area contributed by atoms with Crippen LogP contribution in [0.3, 0.4) is 0 Å². The maximum Gasteiger partial charge on any atom is 0.257 e. The average Bonchev–Trinajstić information content (AvgIpc) is 2.46. The van der Waals surface area contributed by atoms with Gasteiger partial charge in [0.2, 0.25) is 10.0 Å². The van der Waals surface area contributed by atoms with Gasteiger partial charge in [-0.3, -0.25) is 4.79 Å². The standard InChI is InChI=1S/C14H13ClN2O3S2/c1-21-10-4-2-3-9(7-10)17-14(18)12-8-11(22(16,19)20)5-6-13(12)15/h2-8H,1H3,(H,17,18)(H2,16,19,20). The van der Waals surface area contributed by atoms with Crippen LogP contribution in [0.1, 0.15) is 10.4 Å². The summed E-state index contributed by atoms with van der Waals surface area (Å²) in [4.78, 5) is 13.1. The molecule has 22 heavy (non-hydrogen) atoms. The minimum absolute atomic E-state index is 0.0442. The first-order chi connectivity index (χ1) is 10.3. The first-order valence-corrected chi connectivity index (χ1v) is 9.24. The summed E-state index contributed by atoms with van der Waals surface area (Å²) in [5.74, 6) is -0.506. The van der Waals surface area contributed by atoms with E-state index in [1.165, 1.54) is 12.1 Å². The molecule has 0 atom stereocenters. The lowest BCUT2D eigenvalue weighted by Gasteiger charge is -2.09. The lowest BCUT2D eigenvalue weighted by atomic mass is 10.2. The molecule has 0 bridgehead atoms. The van der Waals surface area contributed by atoms with Gasteiger partial charge in [0, 0.05) is 10.6 Å². The molecule has 3 N–H and O–H groups in total. The van der Waals surface area contributed by atoms with Crippen molar-refractivity contribution in [1.29, 1.82) is 0 Å². The highest BCUT2D eigenvalue weighted by molar-refractivity contribution is 7.98. The lowest BCUT2D eigenvalue weighted by Crippen LogP contribution is -2.16. The number of carbonyl (C=O) groups excluding carboxylic acids is 1. The molecule has 0 aliphatic heterocycles. The monoisotopic (exact) mass is 356 g/mol. The van der Waals surface area contributed by atoms with Gasteiger partial charge in [-0.15, -0.1) is 11.8 Å². The largest absolute Gasteiger partial charge is 0.322 e. The fourth-order valence-corrected chi connectivity index (χ4v) is 2.96. The van der Waals surface area contributed by atoms with E-state index >= 15 is 0 Å². The second-order valence-electron chi connectivity index (χ2n) is 4.37. The third kappa shape index (κ3) is 4.01. The summed E-state index contributed by atoms with van der Waals surface area (Å²) in [5.41, 5.74) is 0.636. The van der Waals surface area contributed by atoms with Crippen LogP contribution in [0.5, 0.6) is 0 Å². The molecule has 8 heteroatoms. The molecular weight excluding hydrogens is 344 g/mol. The number of nitrogens with two attached hydrogens (primary N) is 1. The van der Waals surface area contributed by atoms with Crippen LogP contribution in [0.15, 0.2) is 52.3 Å². The zero-order valence-corrected chi connectivity index (χ0v) is 13.9. The minimum atomic E-state index is -3.90. The molecular formula is C14H13ClN2O3S2. The van der Waals surface area contributed by atoms with Gasteiger partial charge in [-0.1, -0.05) is 17.7 Å². The number of hydrogen-bond acceptors (Lipinski definition) is 4. The van der Waals surface area contributed by atoms with Crippen LogP contribution in [0.4, 0.5) is 5.69 Å². The van der Waals surface area contributed by atoms with E-state index in [4.69, 9.17) is 16.7 Å². The van der Waals surface area contributed by atoms with Gasteiger partial charge in [0.25, 0.3) is 5.91 Å². The molecule has 1 amide bonds. The van der Waals surface area contributed by atoms with Gasteiger partial charge in [0.1, 0.15) is 0 Å². The summed E-state index contributed by atoms with van der Waals surface area (Å²) in [6.45, 7) is 0. The maximum atomic E-state index is 12.3. The van der Waals surface area contributed by atoms with Crippen molar-refractivity contribution >= 4 is 45.0 Å². The number of carbonyl (C=O) groups is 1. The summed E-state index contributed by atoms with van der Waals surface area (Å²) in [6, 6.07) is 11.0. The van der Waals surface area contributed by atoms with Crippen molar-refractivity contribution in [1.82, 2.24) is 0 Å². The normalized spacial score (nSPS) is 11.2. The van der Waals surface area contributed by atoms with Crippen LogP contribution < -0.4 is 10.5 Å². The van der Waals surface area contributed by atoms with Gasteiger partial charge in [0.05, 0.1) is 15.5 Å². The van der Waals surface area contributed by atoms with E-state index in [0.29, 0.717) is 5.69 Å². The van der Waals surface area contributed by atoms with Crippen LogP contribution in [0.2, 0.25) is 5.02 Å². The van der Waals surface area contributed by atoms with Gasteiger partial charge in [-0.05, 0) is 42.7 Å². The topological polar surface area (TPSA) is 89.3 Å². The highest BCUT2D eigenvalue weighted by atomic mass is 35.5. The number of hydrogen-bond donors (Lipinski definition) is 2. The summed E-state index contributed by atoms with van der Waals surface area (Å²) in [5, 5.41) is 7.89. The molecule has 0 radical (unpaired) electrons. The predicted molar refractivity (Wildman–Crippen MR) is 89.0 cm³/mol. The summed E-state index contributed by atoms with van der Waals surface area (Å²) in [7, 11) is -3.90. The van der Waals surface area contributed by atoms with Crippen molar-refractivity contribution < 1.29 is 13.2 Å². The second kappa shape index (κ2) is 6.70. The quantitative estimate of drug-likeness (QED) is 0.824. The molecule has 5 nitrogen and oxygen atoms in total. The van der Waals surface area contributed by atoms with E-state index in [1.54, 1.807) is 23.9 Å². The minimum Gasteiger partial charge on any atom is -0.322 e. The SMILES string of the molecule is CSc1cccc(NC(=O)c2cc(S(N)(=O)=O)ccc2Cl)c1. The smallest absolute Gasteiger partial charge is 0.257 e. The van der Waals surface area contributed by atoms with E-state index in [-0.39, 0.29) is 15.5 Å². The Bertz CT molecular complexity index is 823. The van der Waals surface area contributed by atoms with E-state index in [1.807, 2.05) is 18.4 Å². The number of rotatable bonds is 4. The number of thioether (sulfide) groups is 1. The first-order valence-electron chi connectivity index (χ1n) is 6.09. The molecule has 2 aromatic rings. The van der Waals surface area contributed by atoms with Crippen LogP contribution in [0, 0.1) is 0 Å². The molecule has 0 saturated carbocycles. The number of sulfonamides is 1. The molecule has 0 aliphatic rings. The predicted octanol–water partition coefficient (Wildman–Crippen LogP) is 2.96. The van der Waals surface area contributed by atoms with Crippen LogP contribution in [-0.4, -0.2) is 20.6 Å². The van der Waals surface area contributed by atoms with Crippen LogP contribution in [-0.2, 0) is 10.0 Å². The Hall–Kier alpha value is -1.54. The Labute approximate surface area is 137 Å². The highest BCUT2D eigenvalue weighted by Crippen LogP contribution is 2.23. The van der Waals surface area contributed by atoms with Crippen LogP contribution >= 0.6 is 23.4 Å². The second-order valence-corrected chi connectivity index (χ2v) is 7.22. The van der Waals surface area contributed by atoms with Crippen molar-refractivity contribution in [2.24, 2.45) is 5.14 Å². The molecule has 0 aromatic heterocycles. The number of nitrogens with one attached hydrogen (secondary N) is 1. The lowest BCUT2D eigenvalue weighted by molar-refractivity contribution is 0.102. The summed E-state index contributed by atoms with van der Waals surface area (Å²) in [6.07, 6.45) is 1.92. The molecule has 0 saturated heterocycles. The number of amides is 1.